The molecule has 2 atom stereocenters. The number of piperidine rings is 1. The van der Waals surface area contributed by atoms with Crippen molar-refractivity contribution in [2.75, 3.05) is 13.2 Å². The highest BCUT2D eigenvalue weighted by molar-refractivity contribution is 5.44. The molecule has 2 aliphatic rings. The van der Waals surface area contributed by atoms with Crippen molar-refractivity contribution in [2.45, 2.75) is 51.1 Å². The molecule has 0 spiro atoms. The summed E-state index contributed by atoms with van der Waals surface area (Å²) in [5, 5.41) is 9.54. The van der Waals surface area contributed by atoms with E-state index in [1.807, 2.05) is 6.07 Å². The largest absolute Gasteiger partial charge is 0.508 e. The van der Waals surface area contributed by atoms with Crippen LogP contribution in [0.25, 0.3) is 0 Å². The van der Waals surface area contributed by atoms with Gasteiger partial charge < -0.3 is 9.84 Å². The molecule has 0 aliphatic carbocycles. The van der Waals surface area contributed by atoms with E-state index in [0.717, 1.165) is 12.4 Å². The van der Waals surface area contributed by atoms with E-state index >= 15 is 0 Å². The van der Waals surface area contributed by atoms with Crippen LogP contribution in [0.15, 0.2) is 18.2 Å². The zero-order chi connectivity index (χ0) is 13.2. The number of hydrogen-bond acceptors (Lipinski definition) is 3. The van der Waals surface area contributed by atoms with Crippen molar-refractivity contribution < 1.29 is 9.84 Å². The molecular weight excluding hydrogens is 238 g/mol. The van der Waals surface area contributed by atoms with E-state index in [4.69, 9.17) is 4.74 Å². The molecule has 0 amide bonds. The molecule has 2 heterocycles. The first-order chi connectivity index (χ1) is 9.29. The summed E-state index contributed by atoms with van der Waals surface area (Å²) in [6.07, 6.45) is 6.50. The van der Waals surface area contributed by atoms with E-state index in [2.05, 4.69) is 11.8 Å². The lowest BCUT2D eigenvalue weighted by molar-refractivity contribution is 0.0745. The minimum atomic E-state index is 0.295. The maximum absolute atomic E-state index is 9.54. The lowest BCUT2D eigenvalue weighted by Gasteiger charge is -2.39. The number of nitrogens with zero attached hydrogens (tertiary/aromatic N) is 1. The smallest absolute Gasteiger partial charge is 0.127 e. The standard InChI is InChI=1S/C16H23NO2/c1-2-5-12-6-3-4-9-17(12)15-11-19-16-10-13(18)7-8-14(15)16/h7-8,10,12,15,18H,2-6,9,11H2,1H3. The quantitative estimate of drug-likeness (QED) is 0.904. The van der Waals surface area contributed by atoms with Gasteiger partial charge in [-0.25, -0.2) is 0 Å². The average molecular weight is 261 g/mol. The first-order valence-electron chi connectivity index (χ1n) is 7.51. The lowest BCUT2D eigenvalue weighted by atomic mass is 9.94. The third kappa shape index (κ3) is 2.44. The first-order valence-corrected chi connectivity index (χ1v) is 7.51. The summed E-state index contributed by atoms with van der Waals surface area (Å²) >= 11 is 0. The van der Waals surface area contributed by atoms with E-state index in [1.54, 1.807) is 12.1 Å². The summed E-state index contributed by atoms with van der Waals surface area (Å²) in [4.78, 5) is 2.63. The third-order valence-electron chi connectivity index (χ3n) is 4.45. The van der Waals surface area contributed by atoms with E-state index < -0.39 is 0 Å². The predicted molar refractivity (Wildman–Crippen MR) is 75.6 cm³/mol. The average Bonchev–Trinajstić information content (AvgIpc) is 2.82. The number of likely N-dealkylation sites (tertiary alicyclic amines) is 1. The number of phenols is 1. The van der Waals surface area contributed by atoms with Crippen molar-refractivity contribution in [1.82, 2.24) is 4.90 Å². The molecule has 0 bridgehead atoms. The van der Waals surface area contributed by atoms with Crippen molar-refractivity contribution in [1.29, 1.82) is 0 Å². The highest BCUT2D eigenvalue weighted by atomic mass is 16.5. The van der Waals surface area contributed by atoms with Crippen LogP contribution in [0, 0.1) is 0 Å². The SMILES string of the molecule is CCCC1CCCCN1C1COc2cc(O)ccc21. The molecular formula is C16H23NO2. The summed E-state index contributed by atoms with van der Waals surface area (Å²) in [5.74, 6) is 1.16. The van der Waals surface area contributed by atoms with Gasteiger partial charge in [0.25, 0.3) is 0 Å². The van der Waals surface area contributed by atoms with Gasteiger partial charge in [-0.05, 0) is 37.9 Å². The molecule has 2 aliphatic heterocycles. The highest BCUT2D eigenvalue weighted by Crippen LogP contribution is 2.41. The van der Waals surface area contributed by atoms with Crippen molar-refractivity contribution in [3.8, 4) is 11.5 Å². The molecule has 1 aromatic rings. The lowest BCUT2D eigenvalue weighted by Crippen LogP contribution is -2.42. The number of aromatic hydroxyl groups is 1. The molecule has 1 N–H and O–H groups in total. The van der Waals surface area contributed by atoms with Gasteiger partial charge in [0.1, 0.15) is 18.1 Å². The van der Waals surface area contributed by atoms with Crippen molar-refractivity contribution in [3.63, 3.8) is 0 Å². The number of benzene rings is 1. The van der Waals surface area contributed by atoms with E-state index in [-0.39, 0.29) is 0 Å². The molecule has 0 radical (unpaired) electrons. The Morgan fingerprint density at radius 1 is 1.37 bits per heavy atom. The van der Waals surface area contributed by atoms with E-state index in [9.17, 15) is 5.11 Å². The Morgan fingerprint density at radius 2 is 2.26 bits per heavy atom. The molecule has 1 saturated heterocycles. The molecule has 19 heavy (non-hydrogen) atoms. The van der Waals surface area contributed by atoms with Crippen LogP contribution in [0.4, 0.5) is 0 Å². The summed E-state index contributed by atoms with van der Waals surface area (Å²) in [5.41, 5.74) is 1.25. The van der Waals surface area contributed by atoms with Crippen LogP contribution < -0.4 is 4.74 Å². The van der Waals surface area contributed by atoms with Gasteiger partial charge in [0.15, 0.2) is 0 Å². The number of rotatable bonds is 3. The zero-order valence-electron chi connectivity index (χ0n) is 11.6. The van der Waals surface area contributed by atoms with Crippen LogP contribution in [0.3, 0.4) is 0 Å². The van der Waals surface area contributed by atoms with Gasteiger partial charge >= 0.3 is 0 Å². The van der Waals surface area contributed by atoms with E-state index in [1.165, 1.54) is 44.2 Å². The molecule has 3 heteroatoms. The maximum Gasteiger partial charge on any atom is 0.127 e. The van der Waals surface area contributed by atoms with Gasteiger partial charge in [0.05, 0.1) is 6.04 Å². The second kappa shape index (κ2) is 5.41. The van der Waals surface area contributed by atoms with Crippen LogP contribution in [0.5, 0.6) is 11.5 Å². The number of fused-ring (bicyclic) bond motifs is 1. The summed E-state index contributed by atoms with van der Waals surface area (Å²) in [6, 6.07) is 6.63. The van der Waals surface area contributed by atoms with Crippen LogP contribution in [-0.4, -0.2) is 29.2 Å². The summed E-state index contributed by atoms with van der Waals surface area (Å²) in [7, 11) is 0. The molecule has 1 aromatic carbocycles. The van der Waals surface area contributed by atoms with Gasteiger partial charge in [-0.3, -0.25) is 4.90 Å². The Morgan fingerprint density at radius 3 is 3.11 bits per heavy atom. The summed E-state index contributed by atoms with van der Waals surface area (Å²) in [6.45, 7) is 4.18. The topological polar surface area (TPSA) is 32.7 Å². The fourth-order valence-corrected chi connectivity index (χ4v) is 3.53. The molecule has 0 saturated carbocycles. The van der Waals surface area contributed by atoms with Crippen LogP contribution in [-0.2, 0) is 0 Å². The van der Waals surface area contributed by atoms with Gasteiger partial charge in [0, 0.05) is 17.7 Å². The zero-order valence-corrected chi connectivity index (χ0v) is 11.6. The summed E-state index contributed by atoms with van der Waals surface area (Å²) < 4.78 is 5.77. The number of phenolic OH excluding ortho intramolecular Hbond substituents is 1. The second-order valence-electron chi connectivity index (χ2n) is 5.73. The fraction of sp³-hybridized carbons (Fsp3) is 0.625. The van der Waals surface area contributed by atoms with Gasteiger partial charge in [-0.2, -0.15) is 0 Å². The molecule has 2 unspecified atom stereocenters. The molecule has 0 aromatic heterocycles. The van der Waals surface area contributed by atoms with Gasteiger partial charge in [0.2, 0.25) is 0 Å². The molecule has 104 valence electrons. The minimum Gasteiger partial charge on any atom is -0.508 e. The van der Waals surface area contributed by atoms with Gasteiger partial charge in [-0.1, -0.05) is 19.8 Å². The fourth-order valence-electron chi connectivity index (χ4n) is 3.53. The molecule has 3 rings (SSSR count). The van der Waals surface area contributed by atoms with Crippen LogP contribution in [0.1, 0.15) is 50.6 Å². The number of ether oxygens (including phenoxy) is 1. The van der Waals surface area contributed by atoms with Crippen LogP contribution in [0.2, 0.25) is 0 Å². The third-order valence-corrected chi connectivity index (χ3v) is 4.45. The van der Waals surface area contributed by atoms with Gasteiger partial charge in [-0.15, -0.1) is 0 Å². The predicted octanol–water partition coefficient (Wildman–Crippen LogP) is 3.48. The Kier molecular flexibility index (Phi) is 3.65. The number of hydrogen-bond donors (Lipinski definition) is 1. The first kappa shape index (κ1) is 12.8. The Labute approximate surface area is 115 Å². The Bertz CT molecular complexity index is 444. The monoisotopic (exact) mass is 261 g/mol. The minimum absolute atomic E-state index is 0.295. The van der Waals surface area contributed by atoms with E-state index in [0.29, 0.717) is 17.8 Å². The van der Waals surface area contributed by atoms with Crippen molar-refractivity contribution >= 4 is 0 Å². The Hall–Kier alpha value is -1.22. The molecule has 1 fully saturated rings. The van der Waals surface area contributed by atoms with Crippen molar-refractivity contribution in [2.24, 2.45) is 0 Å². The normalized spacial score (nSPS) is 27.0. The van der Waals surface area contributed by atoms with Crippen LogP contribution >= 0.6 is 0 Å². The second-order valence-corrected chi connectivity index (χ2v) is 5.73. The Balaban J connectivity index is 1.83. The molecule has 3 nitrogen and oxygen atoms in total. The highest BCUT2D eigenvalue weighted by Gasteiger charge is 2.34. The maximum atomic E-state index is 9.54. The van der Waals surface area contributed by atoms with Crippen molar-refractivity contribution in [3.05, 3.63) is 23.8 Å².